The lowest BCUT2D eigenvalue weighted by Crippen LogP contribution is -2.29. The van der Waals surface area contributed by atoms with Crippen molar-refractivity contribution in [3.63, 3.8) is 0 Å². The Morgan fingerprint density at radius 2 is 2.20 bits per heavy atom. The first-order valence-electron chi connectivity index (χ1n) is 6.17. The van der Waals surface area contributed by atoms with Crippen LogP contribution in [-0.2, 0) is 11.3 Å². The Kier molecular flexibility index (Phi) is 4.02. The van der Waals surface area contributed by atoms with E-state index in [4.69, 9.17) is 5.11 Å². The molecule has 1 saturated heterocycles. The smallest absolute Gasteiger partial charge is 0.328 e. The van der Waals surface area contributed by atoms with Crippen molar-refractivity contribution in [2.24, 2.45) is 0 Å². The highest BCUT2D eigenvalue weighted by Gasteiger charge is 2.25. The Balaban J connectivity index is 2.10. The second kappa shape index (κ2) is 5.73. The zero-order valence-corrected chi connectivity index (χ0v) is 11.0. The number of rotatable bonds is 4. The van der Waals surface area contributed by atoms with Crippen molar-refractivity contribution >= 4 is 18.1 Å². The maximum Gasteiger partial charge on any atom is 0.328 e. The molecule has 1 N–H and O–H groups in total. The first kappa shape index (κ1) is 14.0. The van der Waals surface area contributed by atoms with Gasteiger partial charge in [0.15, 0.2) is 0 Å². The first-order valence-corrected chi connectivity index (χ1v) is 6.17. The molecule has 1 heterocycles. The van der Waals surface area contributed by atoms with E-state index in [0.717, 1.165) is 6.08 Å². The molecule has 20 heavy (non-hydrogen) atoms. The Morgan fingerprint density at radius 1 is 1.45 bits per heavy atom. The summed E-state index contributed by atoms with van der Waals surface area (Å²) >= 11 is 0. The zero-order valence-electron chi connectivity index (χ0n) is 11.0. The van der Waals surface area contributed by atoms with Crippen LogP contribution in [0.15, 0.2) is 24.3 Å². The van der Waals surface area contributed by atoms with Crippen molar-refractivity contribution < 1.29 is 19.1 Å². The Bertz CT molecular complexity index is 572. The molecule has 0 saturated carbocycles. The van der Waals surface area contributed by atoms with Gasteiger partial charge in [0.25, 0.3) is 0 Å². The van der Waals surface area contributed by atoms with E-state index in [-0.39, 0.29) is 12.6 Å². The fourth-order valence-electron chi connectivity index (χ4n) is 2.02. The van der Waals surface area contributed by atoms with Gasteiger partial charge in [0.05, 0.1) is 6.54 Å². The van der Waals surface area contributed by atoms with Crippen LogP contribution < -0.4 is 0 Å². The number of hydrogen-bond donors (Lipinski definition) is 1. The Morgan fingerprint density at radius 3 is 2.75 bits per heavy atom. The van der Waals surface area contributed by atoms with Crippen LogP contribution in [0.3, 0.4) is 0 Å². The molecule has 0 aliphatic carbocycles. The summed E-state index contributed by atoms with van der Waals surface area (Å²) in [7, 11) is 1.71. The van der Waals surface area contributed by atoms with E-state index < -0.39 is 11.8 Å². The van der Waals surface area contributed by atoms with Gasteiger partial charge >= 0.3 is 12.0 Å². The number of carboxylic acid groups (broad SMARTS) is 1. The fourth-order valence-corrected chi connectivity index (χ4v) is 2.02. The van der Waals surface area contributed by atoms with Crippen molar-refractivity contribution in [1.82, 2.24) is 9.80 Å². The predicted octanol–water partition coefficient (Wildman–Crippen LogP) is 1.79. The van der Waals surface area contributed by atoms with Gasteiger partial charge in [0, 0.05) is 31.8 Å². The second-order valence-electron chi connectivity index (χ2n) is 4.65. The summed E-state index contributed by atoms with van der Waals surface area (Å²) in [6.45, 7) is 1.44. The molecule has 6 heteroatoms. The van der Waals surface area contributed by atoms with Crippen LogP contribution in [-0.4, -0.2) is 47.0 Å². The molecule has 1 aromatic rings. The third kappa shape index (κ3) is 3.14. The lowest BCUT2D eigenvalue weighted by atomic mass is 10.1. The third-order valence-corrected chi connectivity index (χ3v) is 3.16. The van der Waals surface area contributed by atoms with E-state index in [0.29, 0.717) is 24.2 Å². The molecule has 2 amide bonds. The molecule has 1 aliphatic heterocycles. The summed E-state index contributed by atoms with van der Waals surface area (Å²) in [4.78, 5) is 25.3. The highest BCUT2D eigenvalue weighted by Crippen LogP contribution is 2.17. The number of carboxylic acids is 1. The highest BCUT2D eigenvalue weighted by molar-refractivity contribution is 5.85. The summed E-state index contributed by atoms with van der Waals surface area (Å²) < 4.78 is 13.9. The van der Waals surface area contributed by atoms with Crippen molar-refractivity contribution in [1.29, 1.82) is 0 Å². The SMILES string of the molecule is CN1CCN(Cc2ccc(C=CC(=O)O)cc2F)C1=O. The first-order chi connectivity index (χ1) is 9.47. The fraction of sp³-hybridized carbons (Fsp3) is 0.286. The molecule has 106 valence electrons. The van der Waals surface area contributed by atoms with Crippen LogP contribution in [0.5, 0.6) is 0 Å². The predicted molar refractivity (Wildman–Crippen MR) is 71.5 cm³/mol. The molecule has 0 bridgehead atoms. The van der Waals surface area contributed by atoms with Gasteiger partial charge in [-0.15, -0.1) is 0 Å². The quantitative estimate of drug-likeness (QED) is 0.854. The Labute approximate surface area is 115 Å². The van der Waals surface area contributed by atoms with Crippen LogP contribution in [0.25, 0.3) is 6.08 Å². The van der Waals surface area contributed by atoms with Crippen molar-refractivity contribution in [3.8, 4) is 0 Å². The normalized spacial score (nSPS) is 15.4. The van der Waals surface area contributed by atoms with E-state index in [1.165, 1.54) is 12.1 Å². The number of carbonyl (C=O) groups excluding carboxylic acids is 1. The molecule has 0 unspecified atom stereocenters. The van der Waals surface area contributed by atoms with E-state index >= 15 is 0 Å². The van der Waals surface area contributed by atoms with Gasteiger partial charge in [-0.3, -0.25) is 0 Å². The molecule has 0 radical (unpaired) electrons. The monoisotopic (exact) mass is 278 g/mol. The van der Waals surface area contributed by atoms with E-state index in [2.05, 4.69) is 0 Å². The van der Waals surface area contributed by atoms with Crippen LogP contribution in [0.4, 0.5) is 9.18 Å². The van der Waals surface area contributed by atoms with Gasteiger partial charge < -0.3 is 14.9 Å². The van der Waals surface area contributed by atoms with Gasteiger partial charge in [-0.05, 0) is 17.7 Å². The second-order valence-corrected chi connectivity index (χ2v) is 4.65. The van der Waals surface area contributed by atoms with E-state index in [1.54, 1.807) is 29.0 Å². The van der Waals surface area contributed by atoms with Crippen molar-refractivity contribution in [3.05, 3.63) is 41.2 Å². The van der Waals surface area contributed by atoms with Crippen LogP contribution in [0, 0.1) is 5.82 Å². The number of amides is 2. The van der Waals surface area contributed by atoms with Gasteiger partial charge in [0.1, 0.15) is 5.82 Å². The number of aliphatic carboxylic acids is 1. The summed E-state index contributed by atoms with van der Waals surface area (Å²) in [6, 6.07) is 4.35. The minimum Gasteiger partial charge on any atom is -0.478 e. The van der Waals surface area contributed by atoms with Crippen molar-refractivity contribution in [2.45, 2.75) is 6.54 Å². The molecular formula is C14H15FN2O3. The molecule has 1 fully saturated rings. The molecule has 5 nitrogen and oxygen atoms in total. The average molecular weight is 278 g/mol. The number of halogens is 1. The number of nitrogens with zero attached hydrogens (tertiary/aromatic N) is 2. The summed E-state index contributed by atoms with van der Waals surface area (Å²) in [5, 5.41) is 8.51. The van der Waals surface area contributed by atoms with Gasteiger partial charge in [-0.1, -0.05) is 12.1 Å². The summed E-state index contributed by atoms with van der Waals surface area (Å²) in [5.74, 6) is -1.53. The van der Waals surface area contributed by atoms with Crippen LogP contribution >= 0.6 is 0 Å². The largest absolute Gasteiger partial charge is 0.478 e. The third-order valence-electron chi connectivity index (χ3n) is 3.16. The number of likely N-dealkylation sites (N-methyl/N-ethyl adjacent to an activating group) is 1. The molecular weight excluding hydrogens is 263 g/mol. The van der Waals surface area contributed by atoms with E-state index in [1.807, 2.05) is 0 Å². The Hall–Kier alpha value is -2.37. The molecule has 0 spiro atoms. The molecule has 1 aliphatic rings. The molecule has 1 aromatic carbocycles. The maximum atomic E-state index is 13.9. The number of urea groups is 1. The van der Waals surface area contributed by atoms with Gasteiger partial charge in [0.2, 0.25) is 0 Å². The topological polar surface area (TPSA) is 60.9 Å². The number of hydrogen-bond acceptors (Lipinski definition) is 2. The maximum absolute atomic E-state index is 13.9. The summed E-state index contributed by atoms with van der Waals surface area (Å²) in [5.41, 5.74) is 0.889. The van der Waals surface area contributed by atoms with E-state index in [9.17, 15) is 14.0 Å². The van der Waals surface area contributed by atoms with Crippen LogP contribution in [0.1, 0.15) is 11.1 Å². The number of carbonyl (C=O) groups is 2. The lowest BCUT2D eigenvalue weighted by molar-refractivity contribution is -0.131. The highest BCUT2D eigenvalue weighted by atomic mass is 19.1. The van der Waals surface area contributed by atoms with Gasteiger partial charge in [-0.25, -0.2) is 14.0 Å². The molecule has 2 rings (SSSR count). The minimum absolute atomic E-state index is 0.112. The minimum atomic E-state index is -1.08. The van der Waals surface area contributed by atoms with Crippen LogP contribution in [0.2, 0.25) is 0 Å². The lowest BCUT2D eigenvalue weighted by Gasteiger charge is -2.16. The molecule has 0 aromatic heterocycles. The van der Waals surface area contributed by atoms with Crippen molar-refractivity contribution in [2.75, 3.05) is 20.1 Å². The summed E-state index contributed by atoms with van der Waals surface area (Å²) in [6.07, 6.45) is 2.28. The van der Waals surface area contributed by atoms with Gasteiger partial charge in [-0.2, -0.15) is 0 Å². The standard InChI is InChI=1S/C14H15FN2O3/c1-16-6-7-17(14(16)20)9-11-4-2-10(8-12(11)15)3-5-13(18)19/h2-5,8H,6-7,9H2,1H3,(H,18,19). The zero-order chi connectivity index (χ0) is 14.7. The number of benzene rings is 1. The molecule has 0 atom stereocenters. The average Bonchev–Trinajstić information content (AvgIpc) is 2.71.